The normalized spacial score (nSPS) is 15.1. The molecule has 0 amide bonds. The minimum absolute atomic E-state index is 0.349. The molecule has 78 valence electrons. The summed E-state index contributed by atoms with van der Waals surface area (Å²) in [5, 5.41) is 18.4. The van der Waals surface area contributed by atoms with Crippen molar-refractivity contribution in [3.8, 4) is 0 Å². The molecule has 3 heteroatoms. The van der Waals surface area contributed by atoms with Gasteiger partial charge in [0, 0.05) is 12.4 Å². The van der Waals surface area contributed by atoms with E-state index in [1.165, 1.54) is 0 Å². The smallest absolute Gasteiger partial charge is 0.0553 e. The maximum absolute atomic E-state index is 9.20. The van der Waals surface area contributed by atoms with Gasteiger partial charge >= 0.3 is 0 Å². The highest BCUT2D eigenvalue weighted by Gasteiger charge is 2.03. The van der Waals surface area contributed by atoms with Gasteiger partial charge in [-0.25, -0.2) is 0 Å². The molecule has 0 saturated heterocycles. The molecule has 0 aromatic carbocycles. The fourth-order valence-electron chi connectivity index (χ4n) is 1.45. The van der Waals surface area contributed by atoms with E-state index in [2.05, 4.69) is 4.98 Å². The first-order valence-corrected chi connectivity index (χ1v) is 4.87. The zero-order valence-corrected chi connectivity index (χ0v) is 8.64. The third-order valence-electron chi connectivity index (χ3n) is 1.91. The Bertz CT molecular complexity index is 259. The molecule has 2 unspecified atom stereocenters. The molecule has 3 nitrogen and oxygen atoms in total. The van der Waals surface area contributed by atoms with Crippen LogP contribution in [0.3, 0.4) is 0 Å². The van der Waals surface area contributed by atoms with E-state index in [-0.39, 0.29) is 12.2 Å². The molecule has 2 N–H and O–H groups in total. The Morgan fingerprint density at radius 3 is 1.86 bits per heavy atom. The molecule has 0 aliphatic heterocycles. The lowest BCUT2D eigenvalue weighted by Gasteiger charge is -2.07. The van der Waals surface area contributed by atoms with Crippen molar-refractivity contribution in [2.24, 2.45) is 0 Å². The van der Waals surface area contributed by atoms with Gasteiger partial charge < -0.3 is 10.2 Å². The van der Waals surface area contributed by atoms with E-state index in [4.69, 9.17) is 0 Å². The van der Waals surface area contributed by atoms with E-state index in [0.29, 0.717) is 12.8 Å². The van der Waals surface area contributed by atoms with Crippen LogP contribution in [0.15, 0.2) is 18.5 Å². The Labute approximate surface area is 84.4 Å². The summed E-state index contributed by atoms with van der Waals surface area (Å²) in [5.74, 6) is 0. The molecule has 0 bridgehead atoms. The predicted octanol–water partition coefficient (Wildman–Crippen LogP) is 0.928. The maximum atomic E-state index is 9.20. The molecule has 0 spiro atoms. The minimum Gasteiger partial charge on any atom is -0.393 e. The molecular weight excluding hydrogens is 178 g/mol. The number of hydrogen-bond donors (Lipinski definition) is 2. The monoisotopic (exact) mass is 195 g/mol. The van der Waals surface area contributed by atoms with Crippen LogP contribution in [-0.4, -0.2) is 27.4 Å². The van der Waals surface area contributed by atoms with E-state index >= 15 is 0 Å². The van der Waals surface area contributed by atoms with Crippen LogP contribution in [-0.2, 0) is 12.8 Å². The number of nitrogens with zero attached hydrogens (tertiary/aromatic N) is 1. The summed E-state index contributed by atoms with van der Waals surface area (Å²) in [7, 11) is 0. The zero-order valence-electron chi connectivity index (χ0n) is 8.64. The minimum atomic E-state index is -0.349. The molecule has 0 aliphatic carbocycles. The van der Waals surface area contributed by atoms with Gasteiger partial charge in [-0.05, 0) is 37.8 Å². The topological polar surface area (TPSA) is 53.4 Å². The SMILES string of the molecule is CC(O)Cc1cncc(CC(C)O)c1. The van der Waals surface area contributed by atoms with Gasteiger partial charge in [0.1, 0.15) is 0 Å². The van der Waals surface area contributed by atoms with Gasteiger partial charge in [-0.1, -0.05) is 6.07 Å². The number of aromatic nitrogens is 1. The summed E-state index contributed by atoms with van der Waals surface area (Å²) in [6, 6.07) is 1.98. The summed E-state index contributed by atoms with van der Waals surface area (Å²) in [4.78, 5) is 4.07. The van der Waals surface area contributed by atoms with Crippen molar-refractivity contribution >= 4 is 0 Å². The second kappa shape index (κ2) is 5.08. The molecular formula is C11H17NO2. The van der Waals surface area contributed by atoms with Gasteiger partial charge in [-0.15, -0.1) is 0 Å². The number of aliphatic hydroxyl groups excluding tert-OH is 2. The molecule has 1 aromatic heterocycles. The van der Waals surface area contributed by atoms with E-state index in [1.54, 1.807) is 26.2 Å². The lowest BCUT2D eigenvalue weighted by atomic mass is 10.1. The van der Waals surface area contributed by atoms with Crippen molar-refractivity contribution in [2.45, 2.75) is 38.9 Å². The first-order valence-electron chi connectivity index (χ1n) is 4.87. The fraction of sp³-hybridized carbons (Fsp3) is 0.545. The third kappa shape index (κ3) is 3.85. The first-order chi connectivity index (χ1) is 6.58. The van der Waals surface area contributed by atoms with E-state index in [9.17, 15) is 10.2 Å². The van der Waals surface area contributed by atoms with Gasteiger partial charge in [0.05, 0.1) is 12.2 Å². The summed E-state index contributed by atoms with van der Waals surface area (Å²) in [6.07, 6.45) is 4.02. The van der Waals surface area contributed by atoms with Gasteiger partial charge in [-0.2, -0.15) is 0 Å². The largest absolute Gasteiger partial charge is 0.393 e. The zero-order chi connectivity index (χ0) is 10.6. The lowest BCUT2D eigenvalue weighted by molar-refractivity contribution is 0.194. The number of rotatable bonds is 4. The average Bonchev–Trinajstić information content (AvgIpc) is 2.01. The standard InChI is InChI=1S/C11H17NO2/c1-8(13)3-10-5-11(4-9(2)14)7-12-6-10/h5-9,13-14H,3-4H2,1-2H3. The van der Waals surface area contributed by atoms with Gasteiger partial charge in [-0.3, -0.25) is 4.98 Å². The van der Waals surface area contributed by atoms with Crippen LogP contribution in [0, 0.1) is 0 Å². The molecule has 1 rings (SSSR count). The summed E-state index contributed by atoms with van der Waals surface area (Å²) >= 11 is 0. The number of pyridine rings is 1. The molecule has 0 aliphatic rings. The van der Waals surface area contributed by atoms with Crippen molar-refractivity contribution < 1.29 is 10.2 Å². The Morgan fingerprint density at radius 1 is 1.07 bits per heavy atom. The quantitative estimate of drug-likeness (QED) is 0.751. The third-order valence-corrected chi connectivity index (χ3v) is 1.91. The molecule has 1 aromatic rings. The summed E-state index contributed by atoms with van der Waals surface area (Å²) in [5.41, 5.74) is 2.02. The summed E-state index contributed by atoms with van der Waals surface area (Å²) in [6.45, 7) is 3.50. The van der Waals surface area contributed by atoms with E-state index < -0.39 is 0 Å². The van der Waals surface area contributed by atoms with Crippen LogP contribution in [0.1, 0.15) is 25.0 Å². The first kappa shape index (κ1) is 11.1. The van der Waals surface area contributed by atoms with Gasteiger partial charge in [0.25, 0.3) is 0 Å². The molecule has 1 heterocycles. The predicted molar refractivity (Wildman–Crippen MR) is 55.0 cm³/mol. The Balaban J connectivity index is 2.68. The van der Waals surface area contributed by atoms with Crippen LogP contribution in [0.4, 0.5) is 0 Å². The summed E-state index contributed by atoms with van der Waals surface area (Å²) < 4.78 is 0. The van der Waals surface area contributed by atoms with Gasteiger partial charge in [0.15, 0.2) is 0 Å². The highest BCUT2D eigenvalue weighted by atomic mass is 16.3. The van der Waals surface area contributed by atoms with Crippen LogP contribution in [0.5, 0.6) is 0 Å². The molecule has 0 fully saturated rings. The highest BCUT2D eigenvalue weighted by molar-refractivity contribution is 5.19. The Hall–Kier alpha value is -0.930. The van der Waals surface area contributed by atoms with Crippen LogP contribution >= 0.6 is 0 Å². The molecule has 0 saturated carbocycles. The Kier molecular flexibility index (Phi) is 4.04. The van der Waals surface area contributed by atoms with Crippen molar-refractivity contribution in [3.05, 3.63) is 29.6 Å². The Morgan fingerprint density at radius 2 is 1.50 bits per heavy atom. The highest BCUT2D eigenvalue weighted by Crippen LogP contribution is 2.07. The van der Waals surface area contributed by atoms with Gasteiger partial charge in [0.2, 0.25) is 0 Å². The second-order valence-corrected chi connectivity index (χ2v) is 3.81. The van der Waals surface area contributed by atoms with E-state index in [1.807, 2.05) is 6.07 Å². The van der Waals surface area contributed by atoms with Crippen molar-refractivity contribution in [1.82, 2.24) is 4.98 Å². The molecule has 2 atom stereocenters. The molecule has 14 heavy (non-hydrogen) atoms. The van der Waals surface area contributed by atoms with Crippen LogP contribution < -0.4 is 0 Å². The number of hydrogen-bond acceptors (Lipinski definition) is 3. The maximum Gasteiger partial charge on any atom is 0.0553 e. The van der Waals surface area contributed by atoms with Crippen LogP contribution in [0.2, 0.25) is 0 Å². The molecule has 0 radical (unpaired) electrons. The van der Waals surface area contributed by atoms with Crippen LogP contribution in [0.25, 0.3) is 0 Å². The average molecular weight is 195 g/mol. The van der Waals surface area contributed by atoms with Crippen molar-refractivity contribution in [3.63, 3.8) is 0 Å². The van der Waals surface area contributed by atoms with Crippen molar-refractivity contribution in [2.75, 3.05) is 0 Å². The number of aliphatic hydroxyl groups is 2. The van der Waals surface area contributed by atoms with Crippen molar-refractivity contribution in [1.29, 1.82) is 0 Å². The second-order valence-electron chi connectivity index (χ2n) is 3.81. The fourth-order valence-corrected chi connectivity index (χ4v) is 1.45. The van der Waals surface area contributed by atoms with E-state index in [0.717, 1.165) is 11.1 Å². The lowest BCUT2D eigenvalue weighted by Crippen LogP contribution is -2.07.